The van der Waals surface area contributed by atoms with Crippen LogP contribution in [-0.2, 0) is 11.3 Å². The van der Waals surface area contributed by atoms with E-state index < -0.39 is 10.9 Å². The molecule has 0 unspecified atom stereocenters. The summed E-state index contributed by atoms with van der Waals surface area (Å²) in [7, 11) is 0. The zero-order chi connectivity index (χ0) is 13.4. The lowest BCUT2D eigenvalue weighted by atomic mass is 10.2. The summed E-state index contributed by atoms with van der Waals surface area (Å²) >= 11 is 0. The largest absolute Gasteiger partial charge is 0.481 e. The van der Waals surface area contributed by atoms with Crippen molar-refractivity contribution in [1.29, 1.82) is 0 Å². The van der Waals surface area contributed by atoms with Crippen molar-refractivity contribution in [2.24, 2.45) is 0 Å². The number of nitro groups is 1. The van der Waals surface area contributed by atoms with Crippen molar-refractivity contribution in [3.05, 3.63) is 39.9 Å². The van der Waals surface area contributed by atoms with Gasteiger partial charge in [-0.15, -0.1) is 0 Å². The van der Waals surface area contributed by atoms with Crippen LogP contribution in [0.15, 0.2) is 24.3 Å². The van der Waals surface area contributed by atoms with Gasteiger partial charge in [0.2, 0.25) is 0 Å². The van der Waals surface area contributed by atoms with Crippen LogP contribution < -0.4 is 5.32 Å². The van der Waals surface area contributed by atoms with E-state index in [4.69, 9.17) is 5.11 Å². The maximum Gasteiger partial charge on any atom is 0.303 e. The van der Waals surface area contributed by atoms with E-state index >= 15 is 0 Å². The van der Waals surface area contributed by atoms with Crippen molar-refractivity contribution in [3.63, 3.8) is 0 Å². The Hall–Kier alpha value is -1.95. The van der Waals surface area contributed by atoms with Crippen LogP contribution in [0.5, 0.6) is 0 Å². The van der Waals surface area contributed by atoms with E-state index in [0.29, 0.717) is 13.0 Å². The molecular weight excluding hydrogens is 236 g/mol. The summed E-state index contributed by atoms with van der Waals surface area (Å²) in [6, 6.07) is 6.37. The van der Waals surface area contributed by atoms with Crippen molar-refractivity contribution in [2.45, 2.75) is 25.8 Å². The van der Waals surface area contributed by atoms with E-state index in [1.807, 2.05) is 0 Å². The fraction of sp³-hybridized carbons (Fsp3) is 0.417. The lowest BCUT2D eigenvalue weighted by molar-refractivity contribution is -0.384. The van der Waals surface area contributed by atoms with Gasteiger partial charge < -0.3 is 10.4 Å². The predicted molar refractivity (Wildman–Crippen MR) is 66.3 cm³/mol. The van der Waals surface area contributed by atoms with Gasteiger partial charge in [-0.3, -0.25) is 14.9 Å². The number of carbonyl (C=O) groups is 1. The molecule has 0 bridgehead atoms. The first-order chi connectivity index (χ1) is 8.59. The van der Waals surface area contributed by atoms with Gasteiger partial charge in [0.25, 0.3) is 5.69 Å². The van der Waals surface area contributed by atoms with E-state index in [2.05, 4.69) is 5.32 Å². The molecule has 0 aliphatic rings. The molecule has 0 amide bonds. The predicted octanol–water partition coefficient (Wildman–Crippen LogP) is 1.94. The monoisotopic (exact) mass is 252 g/mol. The quantitative estimate of drug-likeness (QED) is 0.419. The highest BCUT2D eigenvalue weighted by Gasteiger charge is 2.03. The third kappa shape index (κ3) is 5.40. The van der Waals surface area contributed by atoms with Crippen LogP contribution >= 0.6 is 0 Å². The number of non-ortho nitro benzene ring substituents is 1. The average Bonchev–Trinajstić information content (AvgIpc) is 2.34. The Bertz CT molecular complexity index is 403. The number of benzene rings is 1. The number of nitrogens with zero attached hydrogens (tertiary/aromatic N) is 1. The van der Waals surface area contributed by atoms with E-state index in [1.54, 1.807) is 12.1 Å². The number of hydrogen-bond donors (Lipinski definition) is 2. The molecule has 0 aliphatic heterocycles. The first kappa shape index (κ1) is 14.1. The highest BCUT2D eigenvalue weighted by molar-refractivity contribution is 5.66. The molecule has 1 aromatic carbocycles. The number of aliphatic carboxylic acids is 1. The minimum atomic E-state index is -0.773. The van der Waals surface area contributed by atoms with Gasteiger partial charge in [0.1, 0.15) is 0 Å². The summed E-state index contributed by atoms with van der Waals surface area (Å²) in [4.78, 5) is 20.3. The van der Waals surface area contributed by atoms with E-state index in [9.17, 15) is 14.9 Å². The van der Waals surface area contributed by atoms with Crippen molar-refractivity contribution in [3.8, 4) is 0 Å². The molecule has 0 radical (unpaired) electrons. The molecule has 0 atom stereocenters. The number of nitrogens with one attached hydrogen (secondary N) is 1. The van der Waals surface area contributed by atoms with Gasteiger partial charge in [-0.2, -0.15) is 0 Å². The highest BCUT2D eigenvalue weighted by Crippen LogP contribution is 2.11. The van der Waals surface area contributed by atoms with Crippen LogP contribution in [0, 0.1) is 10.1 Å². The van der Waals surface area contributed by atoms with Crippen LogP contribution in [-0.4, -0.2) is 22.5 Å². The Kier molecular flexibility index (Phi) is 5.79. The Morgan fingerprint density at radius 1 is 1.28 bits per heavy atom. The van der Waals surface area contributed by atoms with Crippen LogP contribution in [0.4, 0.5) is 5.69 Å². The Morgan fingerprint density at radius 2 is 1.94 bits per heavy atom. The maximum atomic E-state index is 10.4. The standard InChI is InChI=1S/C12H16N2O4/c15-12(16)3-1-2-8-13-9-10-4-6-11(7-5-10)14(17)18/h4-7,13H,1-3,8-9H2,(H,15,16). The van der Waals surface area contributed by atoms with Crippen molar-refractivity contribution in [1.82, 2.24) is 5.32 Å². The number of nitro benzene ring substituents is 1. The smallest absolute Gasteiger partial charge is 0.303 e. The molecule has 1 rings (SSSR count). The summed E-state index contributed by atoms with van der Waals surface area (Å²) in [6.45, 7) is 1.37. The van der Waals surface area contributed by atoms with E-state index in [1.165, 1.54) is 12.1 Å². The lowest BCUT2D eigenvalue weighted by Gasteiger charge is -2.04. The molecule has 98 valence electrons. The molecule has 18 heavy (non-hydrogen) atoms. The third-order valence-corrected chi connectivity index (χ3v) is 2.47. The summed E-state index contributed by atoms with van der Waals surface area (Å²) in [5.41, 5.74) is 1.05. The summed E-state index contributed by atoms with van der Waals surface area (Å²) in [6.07, 6.45) is 1.65. The second-order valence-electron chi connectivity index (χ2n) is 3.95. The number of carboxylic acids is 1. The number of hydrogen-bond acceptors (Lipinski definition) is 4. The molecule has 0 aliphatic carbocycles. The first-order valence-corrected chi connectivity index (χ1v) is 5.75. The first-order valence-electron chi connectivity index (χ1n) is 5.75. The van der Waals surface area contributed by atoms with Crippen LogP contribution in [0.25, 0.3) is 0 Å². The van der Waals surface area contributed by atoms with Crippen molar-refractivity contribution < 1.29 is 14.8 Å². The molecule has 0 saturated heterocycles. The molecule has 1 aromatic rings. The van der Waals surface area contributed by atoms with Crippen molar-refractivity contribution in [2.75, 3.05) is 6.54 Å². The van der Waals surface area contributed by atoms with E-state index in [-0.39, 0.29) is 12.1 Å². The molecule has 6 nitrogen and oxygen atoms in total. The minimum Gasteiger partial charge on any atom is -0.481 e. The molecule has 6 heteroatoms. The van der Waals surface area contributed by atoms with Gasteiger partial charge in [-0.1, -0.05) is 12.1 Å². The van der Waals surface area contributed by atoms with Crippen LogP contribution in [0.1, 0.15) is 24.8 Å². The van der Waals surface area contributed by atoms with Gasteiger partial charge in [-0.05, 0) is 24.9 Å². The fourth-order valence-corrected chi connectivity index (χ4v) is 1.49. The lowest BCUT2D eigenvalue weighted by Crippen LogP contribution is -2.14. The van der Waals surface area contributed by atoms with Crippen molar-refractivity contribution >= 4 is 11.7 Å². The average molecular weight is 252 g/mol. The molecule has 0 fully saturated rings. The fourth-order valence-electron chi connectivity index (χ4n) is 1.49. The summed E-state index contributed by atoms with van der Waals surface area (Å²) in [5.74, 6) is -0.773. The van der Waals surface area contributed by atoms with Gasteiger partial charge in [0, 0.05) is 25.1 Å². The number of unbranched alkanes of at least 4 members (excludes halogenated alkanes) is 1. The Labute approximate surface area is 105 Å². The molecule has 0 saturated carbocycles. The molecule has 0 aromatic heterocycles. The van der Waals surface area contributed by atoms with E-state index in [0.717, 1.165) is 18.5 Å². The van der Waals surface area contributed by atoms with Crippen LogP contribution in [0.3, 0.4) is 0 Å². The van der Waals surface area contributed by atoms with Gasteiger partial charge in [-0.25, -0.2) is 0 Å². The zero-order valence-corrected chi connectivity index (χ0v) is 9.96. The zero-order valence-electron chi connectivity index (χ0n) is 9.96. The number of rotatable bonds is 8. The third-order valence-electron chi connectivity index (χ3n) is 2.47. The van der Waals surface area contributed by atoms with Crippen LogP contribution in [0.2, 0.25) is 0 Å². The molecular formula is C12H16N2O4. The van der Waals surface area contributed by atoms with Gasteiger partial charge in [0.15, 0.2) is 0 Å². The summed E-state index contributed by atoms with van der Waals surface area (Å²) < 4.78 is 0. The topological polar surface area (TPSA) is 92.5 Å². The second-order valence-corrected chi connectivity index (χ2v) is 3.95. The van der Waals surface area contributed by atoms with Gasteiger partial charge in [0.05, 0.1) is 4.92 Å². The minimum absolute atomic E-state index is 0.0835. The maximum absolute atomic E-state index is 10.4. The summed E-state index contributed by atoms with van der Waals surface area (Å²) in [5, 5.41) is 22.0. The SMILES string of the molecule is O=C(O)CCCCNCc1ccc([N+](=O)[O-])cc1. The normalized spacial score (nSPS) is 10.2. The second kappa shape index (κ2) is 7.39. The molecule has 0 heterocycles. The number of carboxylic acid groups (broad SMARTS) is 1. The molecule has 0 spiro atoms. The molecule has 2 N–H and O–H groups in total. The highest BCUT2D eigenvalue weighted by atomic mass is 16.6. The van der Waals surface area contributed by atoms with Gasteiger partial charge >= 0.3 is 5.97 Å². The Balaban J connectivity index is 2.19. The Morgan fingerprint density at radius 3 is 2.50 bits per heavy atom.